The van der Waals surface area contributed by atoms with E-state index in [-0.39, 0.29) is 12.4 Å². The lowest BCUT2D eigenvalue weighted by Crippen LogP contribution is -2.44. The number of hydrogen-bond acceptors (Lipinski definition) is 2. The number of rotatable bonds is 2. The van der Waals surface area contributed by atoms with Crippen LogP contribution in [0.15, 0.2) is 0 Å². The highest BCUT2D eigenvalue weighted by molar-refractivity contribution is 5.85. The predicted octanol–water partition coefficient (Wildman–Crippen LogP) is 2.03. The van der Waals surface area contributed by atoms with Crippen molar-refractivity contribution in [2.24, 2.45) is 0 Å². The molecule has 2 aliphatic rings. The van der Waals surface area contributed by atoms with Gasteiger partial charge in [0.2, 0.25) is 0 Å². The van der Waals surface area contributed by atoms with E-state index in [2.05, 4.69) is 17.1 Å². The van der Waals surface area contributed by atoms with E-state index in [1.165, 1.54) is 51.7 Å². The third-order valence-corrected chi connectivity index (χ3v) is 3.56. The van der Waals surface area contributed by atoms with Gasteiger partial charge in [0.05, 0.1) is 0 Å². The summed E-state index contributed by atoms with van der Waals surface area (Å²) >= 11 is 0. The molecule has 2 atom stereocenters. The molecule has 2 unspecified atom stereocenters. The van der Waals surface area contributed by atoms with Crippen LogP contribution in [0.1, 0.15) is 39.0 Å². The molecule has 3 heteroatoms. The Bertz CT molecular complexity index is 157. The van der Waals surface area contributed by atoms with Gasteiger partial charge in [-0.05, 0) is 45.7 Å². The number of hydrogen-bond donors (Lipinski definition) is 1. The summed E-state index contributed by atoms with van der Waals surface area (Å²) in [6.45, 7) is 6.25. The smallest absolute Gasteiger partial charge is 0.0195 e. The van der Waals surface area contributed by atoms with Gasteiger partial charge in [0, 0.05) is 18.6 Å². The molecule has 0 aromatic heterocycles. The summed E-state index contributed by atoms with van der Waals surface area (Å²) < 4.78 is 0. The molecule has 2 heterocycles. The zero-order chi connectivity index (χ0) is 9.10. The maximum atomic E-state index is 3.58. The van der Waals surface area contributed by atoms with E-state index in [0.29, 0.717) is 0 Å². The van der Waals surface area contributed by atoms with Crippen molar-refractivity contribution in [3.05, 3.63) is 0 Å². The first-order chi connectivity index (χ1) is 6.36. The van der Waals surface area contributed by atoms with E-state index < -0.39 is 0 Å². The summed E-state index contributed by atoms with van der Waals surface area (Å²) in [6, 6.07) is 1.62. The third kappa shape index (κ3) is 3.11. The van der Waals surface area contributed by atoms with Crippen LogP contribution < -0.4 is 5.32 Å². The van der Waals surface area contributed by atoms with E-state index in [0.717, 1.165) is 12.1 Å². The maximum Gasteiger partial charge on any atom is 0.0195 e. The van der Waals surface area contributed by atoms with Gasteiger partial charge in [-0.3, -0.25) is 4.90 Å². The Kier molecular flexibility index (Phi) is 5.21. The molecule has 2 rings (SSSR count). The van der Waals surface area contributed by atoms with E-state index in [1.807, 2.05) is 0 Å². The molecule has 2 saturated heterocycles. The number of nitrogens with one attached hydrogen (secondary N) is 1. The highest BCUT2D eigenvalue weighted by Gasteiger charge is 2.22. The molecule has 14 heavy (non-hydrogen) atoms. The Morgan fingerprint density at radius 3 is 2.71 bits per heavy atom. The van der Waals surface area contributed by atoms with Gasteiger partial charge in [-0.25, -0.2) is 0 Å². The second-order valence-electron chi connectivity index (χ2n) is 4.63. The molecule has 2 fully saturated rings. The molecule has 0 radical (unpaired) electrons. The lowest BCUT2D eigenvalue weighted by atomic mass is 10.0. The van der Waals surface area contributed by atoms with Crippen molar-refractivity contribution in [2.45, 2.75) is 51.1 Å². The third-order valence-electron chi connectivity index (χ3n) is 3.56. The van der Waals surface area contributed by atoms with E-state index in [9.17, 15) is 0 Å². The Morgan fingerprint density at radius 2 is 2.07 bits per heavy atom. The van der Waals surface area contributed by atoms with Gasteiger partial charge in [-0.2, -0.15) is 0 Å². The van der Waals surface area contributed by atoms with Gasteiger partial charge in [0.25, 0.3) is 0 Å². The van der Waals surface area contributed by atoms with Crippen molar-refractivity contribution in [3.8, 4) is 0 Å². The fourth-order valence-electron chi connectivity index (χ4n) is 2.62. The largest absolute Gasteiger partial charge is 0.313 e. The normalized spacial score (nSPS) is 34.1. The average molecular weight is 219 g/mol. The van der Waals surface area contributed by atoms with Crippen LogP contribution in [0.3, 0.4) is 0 Å². The summed E-state index contributed by atoms with van der Waals surface area (Å²) in [5, 5.41) is 3.58. The number of likely N-dealkylation sites (tertiary alicyclic amines) is 1. The van der Waals surface area contributed by atoms with Crippen molar-refractivity contribution < 1.29 is 0 Å². The van der Waals surface area contributed by atoms with Crippen molar-refractivity contribution in [1.29, 1.82) is 0 Å². The first-order valence-electron chi connectivity index (χ1n) is 5.83. The van der Waals surface area contributed by atoms with Crippen LogP contribution in [-0.4, -0.2) is 36.6 Å². The highest BCUT2D eigenvalue weighted by Crippen LogP contribution is 2.18. The van der Waals surface area contributed by atoms with Crippen LogP contribution in [0, 0.1) is 0 Å². The molecule has 0 amide bonds. The molecule has 0 bridgehead atoms. The predicted molar refractivity (Wildman–Crippen MR) is 63.2 cm³/mol. The molecule has 0 aliphatic carbocycles. The van der Waals surface area contributed by atoms with Crippen molar-refractivity contribution in [3.63, 3.8) is 0 Å². The van der Waals surface area contributed by atoms with Crippen LogP contribution in [-0.2, 0) is 0 Å². The molecular weight excluding hydrogens is 196 g/mol. The Hall–Kier alpha value is 0.210. The van der Waals surface area contributed by atoms with Crippen LogP contribution in [0.2, 0.25) is 0 Å². The topological polar surface area (TPSA) is 15.3 Å². The minimum Gasteiger partial charge on any atom is -0.313 e. The average Bonchev–Trinajstić information content (AvgIpc) is 2.61. The molecule has 0 saturated carbocycles. The van der Waals surface area contributed by atoms with E-state index >= 15 is 0 Å². The van der Waals surface area contributed by atoms with Crippen molar-refractivity contribution >= 4 is 12.4 Å². The Morgan fingerprint density at radius 1 is 1.21 bits per heavy atom. The fraction of sp³-hybridized carbons (Fsp3) is 1.00. The molecule has 2 nitrogen and oxygen atoms in total. The maximum absolute atomic E-state index is 3.58. The SMILES string of the molecule is CC1CCCCN1CC1CCCN1.Cl. The standard InChI is InChI=1S/C11H22N2.ClH/c1-10-5-2-3-8-13(10)9-11-6-4-7-12-11;/h10-12H,2-9H2,1H3;1H. The molecular formula is C11H23ClN2. The van der Waals surface area contributed by atoms with Gasteiger partial charge in [0.15, 0.2) is 0 Å². The minimum atomic E-state index is 0. The van der Waals surface area contributed by atoms with E-state index in [4.69, 9.17) is 0 Å². The highest BCUT2D eigenvalue weighted by atomic mass is 35.5. The number of nitrogens with zero attached hydrogens (tertiary/aromatic N) is 1. The molecule has 0 spiro atoms. The number of halogens is 1. The fourth-order valence-corrected chi connectivity index (χ4v) is 2.62. The first-order valence-corrected chi connectivity index (χ1v) is 5.83. The summed E-state index contributed by atoms with van der Waals surface area (Å²) in [5.74, 6) is 0. The molecule has 2 aliphatic heterocycles. The van der Waals surface area contributed by atoms with Crippen molar-refractivity contribution in [1.82, 2.24) is 10.2 Å². The quantitative estimate of drug-likeness (QED) is 0.763. The van der Waals surface area contributed by atoms with Gasteiger partial charge in [-0.15, -0.1) is 12.4 Å². The molecule has 84 valence electrons. The summed E-state index contributed by atoms with van der Waals surface area (Å²) in [4.78, 5) is 2.67. The Balaban J connectivity index is 0.000000980. The van der Waals surface area contributed by atoms with E-state index in [1.54, 1.807) is 0 Å². The molecule has 0 aromatic carbocycles. The lowest BCUT2D eigenvalue weighted by Gasteiger charge is -2.35. The zero-order valence-corrected chi connectivity index (χ0v) is 9.98. The van der Waals surface area contributed by atoms with Gasteiger partial charge < -0.3 is 5.32 Å². The molecule has 1 N–H and O–H groups in total. The summed E-state index contributed by atoms with van der Waals surface area (Å²) in [6.07, 6.45) is 7.04. The van der Waals surface area contributed by atoms with Crippen LogP contribution in [0.4, 0.5) is 0 Å². The molecule has 0 aromatic rings. The zero-order valence-electron chi connectivity index (χ0n) is 9.17. The lowest BCUT2D eigenvalue weighted by molar-refractivity contribution is 0.148. The first kappa shape index (κ1) is 12.3. The second-order valence-corrected chi connectivity index (χ2v) is 4.63. The van der Waals surface area contributed by atoms with Gasteiger partial charge in [0.1, 0.15) is 0 Å². The Labute approximate surface area is 93.8 Å². The summed E-state index contributed by atoms with van der Waals surface area (Å²) in [5.41, 5.74) is 0. The minimum absolute atomic E-state index is 0. The van der Waals surface area contributed by atoms with Crippen LogP contribution in [0.25, 0.3) is 0 Å². The van der Waals surface area contributed by atoms with Gasteiger partial charge in [-0.1, -0.05) is 6.42 Å². The summed E-state index contributed by atoms with van der Waals surface area (Å²) in [7, 11) is 0. The second kappa shape index (κ2) is 5.94. The van der Waals surface area contributed by atoms with Crippen molar-refractivity contribution in [2.75, 3.05) is 19.6 Å². The van der Waals surface area contributed by atoms with Crippen LogP contribution in [0.5, 0.6) is 0 Å². The monoisotopic (exact) mass is 218 g/mol. The number of piperidine rings is 1. The van der Waals surface area contributed by atoms with Crippen LogP contribution >= 0.6 is 12.4 Å². The van der Waals surface area contributed by atoms with Gasteiger partial charge >= 0.3 is 0 Å².